The van der Waals surface area contributed by atoms with Crippen molar-refractivity contribution in [3.8, 4) is 5.75 Å². The zero-order valence-corrected chi connectivity index (χ0v) is 9.74. The van der Waals surface area contributed by atoms with E-state index in [1.807, 2.05) is 12.1 Å². The molecule has 1 saturated heterocycles. The summed E-state index contributed by atoms with van der Waals surface area (Å²) in [5.41, 5.74) is 1.27. The molecule has 0 amide bonds. The molecule has 16 heavy (non-hydrogen) atoms. The van der Waals surface area contributed by atoms with Gasteiger partial charge in [-0.15, -0.1) is 0 Å². The fourth-order valence-corrected chi connectivity index (χ4v) is 1.80. The molecule has 0 spiro atoms. The van der Waals surface area contributed by atoms with Gasteiger partial charge in [-0.1, -0.05) is 19.1 Å². The monoisotopic (exact) mass is 221 g/mol. The van der Waals surface area contributed by atoms with Gasteiger partial charge in [-0.2, -0.15) is 0 Å². The van der Waals surface area contributed by atoms with Gasteiger partial charge >= 0.3 is 0 Å². The fourth-order valence-electron chi connectivity index (χ4n) is 1.80. The van der Waals surface area contributed by atoms with E-state index < -0.39 is 0 Å². The Balaban J connectivity index is 1.95. The lowest BCUT2D eigenvalue weighted by Crippen LogP contribution is -2.34. The van der Waals surface area contributed by atoms with Crippen molar-refractivity contribution >= 4 is 0 Å². The van der Waals surface area contributed by atoms with E-state index in [-0.39, 0.29) is 0 Å². The number of hydrogen-bond acceptors (Lipinski definition) is 3. The minimum Gasteiger partial charge on any atom is -0.494 e. The number of nitrogens with one attached hydrogen (secondary N) is 1. The van der Waals surface area contributed by atoms with E-state index in [0.29, 0.717) is 6.04 Å². The summed E-state index contributed by atoms with van der Waals surface area (Å²) in [6, 6.07) is 8.60. The molecule has 0 bridgehead atoms. The third-order valence-electron chi connectivity index (χ3n) is 2.68. The lowest BCUT2D eigenvalue weighted by atomic mass is 10.1. The third-order valence-corrected chi connectivity index (χ3v) is 2.68. The third kappa shape index (κ3) is 2.97. The largest absolute Gasteiger partial charge is 0.494 e. The van der Waals surface area contributed by atoms with Crippen LogP contribution in [0.2, 0.25) is 0 Å². The van der Waals surface area contributed by atoms with Gasteiger partial charge in [0.05, 0.1) is 25.9 Å². The Morgan fingerprint density at radius 3 is 2.81 bits per heavy atom. The van der Waals surface area contributed by atoms with E-state index in [9.17, 15) is 0 Å². The van der Waals surface area contributed by atoms with Crippen LogP contribution in [0.3, 0.4) is 0 Å². The van der Waals surface area contributed by atoms with E-state index in [4.69, 9.17) is 9.47 Å². The van der Waals surface area contributed by atoms with Crippen molar-refractivity contribution in [2.45, 2.75) is 19.4 Å². The molecule has 0 radical (unpaired) electrons. The molecule has 3 heteroatoms. The zero-order valence-electron chi connectivity index (χ0n) is 9.74. The summed E-state index contributed by atoms with van der Waals surface area (Å²) in [4.78, 5) is 0. The van der Waals surface area contributed by atoms with Crippen LogP contribution in [-0.2, 0) is 4.74 Å². The van der Waals surface area contributed by atoms with E-state index in [2.05, 4.69) is 24.4 Å². The molecule has 1 aromatic rings. The predicted octanol–water partition coefficient (Wildman–Crippen LogP) is 2.14. The Morgan fingerprint density at radius 2 is 2.19 bits per heavy atom. The minimum atomic E-state index is 0.328. The van der Waals surface area contributed by atoms with Crippen molar-refractivity contribution < 1.29 is 9.47 Å². The molecule has 0 saturated carbocycles. The van der Waals surface area contributed by atoms with Crippen molar-refractivity contribution in [1.82, 2.24) is 5.32 Å². The van der Waals surface area contributed by atoms with E-state index in [0.717, 1.165) is 38.5 Å². The van der Waals surface area contributed by atoms with Crippen LogP contribution in [0.1, 0.15) is 24.9 Å². The van der Waals surface area contributed by atoms with Gasteiger partial charge in [0, 0.05) is 6.54 Å². The van der Waals surface area contributed by atoms with Gasteiger partial charge in [-0.3, -0.25) is 0 Å². The van der Waals surface area contributed by atoms with Gasteiger partial charge in [-0.25, -0.2) is 0 Å². The standard InChI is InChI=1S/C13H19NO2/c1-2-8-16-12-5-3-11(4-6-12)13-10-15-9-7-14-13/h3-6,13-14H,2,7-10H2,1H3. The number of benzene rings is 1. The molecule has 0 aliphatic carbocycles. The highest BCUT2D eigenvalue weighted by Gasteiger charge is 2.14. The van der Waals surface area contributed by atoms with Crippen LogP contribution < -0.4 is 10.1 Å². The maximum absolute atomic E-state index is 5.55. The summed E-state index contributed by atoms with van der Waals surface area (Å²) in [5, 5.41) is 3.43. The Labute approximate surface area is 96.8 Å². The summed E-state index contributed by atoms with van der Waals surface area (Å²) >= 11 is 0. The van der Waals surface area contributed by atoms with Crippen LogP contribution in [0.15, 0.2) is 24.3 Å². The molecular formula is C13H19NO2. The SMILES string of the molecule is CCCOc1ccc(C2COCCN2)cc1. The van der Waals surface area contributed by atoms with Gasteiger partial charge in [0.15, 0.2) is 0 Å². The van der Waals surface area contributed by atoms with Crippen LogP contribution in [0.25, 0.3) is 0 Å². The molecule has 1 N–H and O–H groups in total. The summed E-state index contributed by atoms with van der Waals surface area (Å²) in [6.07, 6.45) is 1.04. The molecule has 1 unspecified atom stereocenters. The van der Waals surface area contributed by atoms with Crippen LogP contribution in [0.4, 0.5) is 0 Å². The first-order valence-corrected chi connectivity index (χ1v) is 5.94. The molecule has 1 aliphatic rings. The smallest absolute Gasteiger partial charge is 0.119 e. The highest BCUT2D eigenvalue weighted by molar-refractivity contribution is 5.29. The second-order valence-electron chi connectivity index (χ2n) is 4.00. The van der Waals surface area contributed by atoms with Crippen molar-refractivity contribution in [3.63, 3.8) is 0 Å². The van der Waals surface area contributed by atoms with E-state index in [1.165, 1.54) is 5.56 Å². The Morgan fingerprint density at radius 1 is 1.38 bits per heavy atom. The average Bonchev–Trinajstić information content (AvgIpc) is 2.38. The van der Waals surface area contributed by atoms with Crippen molar-refractivity contribution in [3.05, 3.63) is 29.8 Å². The lowest BCUT2D eigenvalue weighted by molar-refractivity contribution is 0.0768. The average molecular weight is 221 g/mol. The molecular weight excluding hydrogens is 202 g/mol. The zero-order chi connectivity index (χ0) is 11.2. The molecule has 1 fully saturated rings. The maximum atomic E-state index is 5.55. The van der Waals surface area contributed by atoms with Crippen LogP contribution in [0, 0.1) is 0 Å². The Hall–Kier alpha value is -1.06. The number of hydrogen-bond donors (Lipinski definition) is 1. The van der Waals surface area contributed by atoms with Gasteiger partial charge in [0.1, 0.15) is 5.75 Å². The van der Waals surface area contributed by atoms with Crippen LogP contribution >= 0.6 is 0 Å². The molecule has 1 aromatic carbocycles. The molecule has 3 nitrogen and oxygen atoms in total. The van der Waals surface area contributed by atoms with Crippen LogP contribution in [-0.4, -0.2) is 26.4 Å². The van der Waals surface area contributed by atoms with Gasteiger partial charge in [0.2, 0.25) is 0 Å². The van der Waals surface area contributed by atoms with Crippen molar-refractivity contribution in [2.75, 3.05) is 26.4 Å². The second-order valence-corrected chi connectivity index (χ2v) is 4.00. The lowest BCUT2D eigenvalue weighted by Gasteiger charge is -2.24. The Bertz CT molecular complexity index is 304. The Kier molecular flexibility index (Phi) is 4.19. The summed E-state index contributed by atoms with van der Waals surface area (Å²) in [7, 11) is 0. The van der Waals surface area contributed by atoms with E-state index in [1.54, 1.807) is 0 Å². The van der Waals surface area contributed by atoms with Gasteiger partial charge < -0.3 is 14.8 Å². The number of morpholine rings is 1. The van der Waals surface area contributed by atoms with Crippen LogP contribution in [0.5, 0.6) is 5.75 Å². The summed E-state index contributed by atoms with van der Waals surface area (Å²) in [6.45, 7) is 5.39. The first kappa shape index (κ1) is 11.4. The molecule has 88 valence electrons. The van der Waals surface area contributed by atoms with Gasteiger partial charge in [-0.05, 0) is 24.1 Å². The number of rotatable bonds is 4. The second kappa shape index (κ2) is 5.87. The fraction of sp³-hybridized carbons (Fsp3) is 0.538. The first-order valence-electron chi connectivity index (χ1n) is 5.94. The summed E-state index contributed by atoms with van der Waals surface area (Å²) < 4.78 is 11.0. The molecule has 1 heterocycles. The maximum Gasteiger partial charge on any atom is 0.119 e. The molecule has 2 rings (SSSR count). The highest BCUT2D eigenvalue weighted by Crippen LogP contribution is 2.19. The number of ether oxygens (including phenoxy) is 2. The molecule has 0 aromatic heterocycles. The molecule has 1 aliphatic heterocycles. The summed E-state index contributed by atoms with van der Waals surface area (Å²) in [5.74, 6) is 0.947. The molecule has 1 atom stereocenters. The van der Waals surface area contributed by atoms with Crippen molar-refractivity contribution in [1.29, 1.82) is 0 Å². The minimum absolute atomic E-state index is 0.328. The van der Waals surface area contributed by atoms with Gasteiger partial charge in [0.25, 0.3) is 0 Å². The first-order chi connectivity index (χ1) is 7.90. The van der Waals surface area contributed by atoms with Crippen molar-refractivity contribution in [2.24, 2.45) is 0 Å². The van der Waals surface area contributed by atoms with E-state index >= 15 is 0 Å². The quantitative estimate of drug-likeness (QED) is 0.845. The predicted molar refractivity (Wildman–Crippen MR) is 63.8 cm³/mol. The topological polar surface area (TPSA) is 30.5 Å². The normalized spacial score (nSPS) is 20.7. The highest BCUT2D eigenvalue weighted by atomic mass is 16.5.